The molecule has 126 valence electrons. The smallest absolute Gasteiger partial charge is 0.231 e. The zero-order chi connectivity index (χ0) is 17.7. The summed E-state index contributed by atoms with van der Waals surface area (Å²) < 4.78 is 8.13. The van der Waals surface area contributed by atoms with Crippen LogP contribution in [0.2, 0.25) is 0 Å². The number of ketones is 1. The van der Waals surface area contributed by atoms with Crippen molar-refractivity contribution < 1.29 is 9.53 Å². The molecule has 3 heteroatoms. The van der Waals surface area contributed by atoms with Crippen LogP contribution in [-0.2, 0) is 6.54 Å². The van der Waals surface area contributed by atoms with Gasteiger partial charge in [-0.3, -0.25) is 4.79 Å². The van der Waals surface area contributed by atoms with Crippen molar-refractivity contribution in [1.82, 2.24) is 4.57 Å². The Labute approximate surface area is 151 Å². The molecule has 26 heavy (non-hydrogen) atoms. The second kappa shape index (κ2) is 5.60. The summed E-state index contributed by atoms with van der Waals surface area (Å²) in [5, 5.41) is 2.35. The summed E-state index contributed by atoms with van der Waals surface area (Å²) in [6, 6.07) is 22.0. The number of rotatable bonds is 2. The Balaban J connectivity index is 1.76. The van der Waals surface area contributed by atoms with Gasteiger partial charge in [-0.2, -0.15) is 0 Å². The lowest BCUT2D eigenvalue weighted by molar-refractivity contribution is 0.101. The first-order chi connectivity index (χ1) is 12.8. The first-order valence-electron chi connectivity index (χ1n) is 8.81. The zero-order valence-corrected chi connectivity index (χ0v) is 14.4. The van der Waals surface area contributed by atoms with E-state index in [4.69, 9.17) is 4.74 Å². The van der Waals surface area contributed by atoms with Gasteiger partial charge in [-0.05, 0) is 42.8 Å². The number of carbonyl (C=O) groups excluding carboxylic acids is 1. The molecular weight excluding hydrogens is 322 g/mol. The highest BCUT2D eigenvalue weighted by molar-refractivity contribution is 6.17. The maximum Gasteiger partial charge on any atom is 0.231 e. The van der Waals surface area contributed by atoms with E-state index in [9.17, 15) is 4.79 Å². The van der Waals surface area contributed by atoms with Gasteiger partial charge in [0.15, 0.2) is 5.76 Å². The minimum absolute atomic E-state index is 0.0585. The minimum Gasteiger partial charge on any atom is -0.452 e. The highest BCUT2D eigenvalue weighted by Gasteiger charge is 2.27. The van der Waals surface area contributed by atoms with Crippen LogP contribution in [0.15, 0.2) is 72.5 Å². The van der Waals surface area contributed by atoms with E-state index >= 15 is 0 Å². The summed E-state index contributed by atoms with van der Waals surface area (Å²) in [6.45, 7) is 3.04. The van der Waals surface area contributed by atoms with Gasteiger partial charge in [0.25, 0.3) is 0 Å². The Bertz CT molecular complexity index is 1210. The average Bonchev–Trinajstić information content (AvgIpc) is 3.17. The number of ether oxygens (including phenoxy) is 1. The standard InChI is InChI=1S/C23H17NO2/c1-2-24-18-11-5-3-9-16(18)22-15(8-7-12-19(22)24)14-21-23(25)17-10-4-6-13-20(17)26-21/h3-14H,2H2,1H3/b21-14-. The second-order valence-corrected chi connectivity index (χ2v) is 6.44. The molecule has 0 N–H and O–H groups in total. The van der Waals surface area contributed by atoms with Gasteiger partial charge in [0.05, 0.1) is 5.56 Å². The van der Waals surface area contributed by atoms with Gasteiger partial charge in [-0.25, -0.2) is 0 Å². The molecule has 1 aromatic heterocycles. The Hall–Kier alpha value is -3.33. The summed E-state index contributed by atoms with van der Waals surface area (Å²) in [5.74, 6) is 0.954. The predicted octanol–water partition coefficient (Wildman–Crippen LogP) is 5.43. The van der Waals surface area contributed by atoms with E-state index in [1.807, 2.05) is 42.5 Å². The third kappa shape index (κ3) is 2.04. The molecule has 0 fully saturated rings. The third-order valence-electron chi connectivity index (χ3n) is 5.01. The van der Waals surface area contributed by atoms with E-state index in [0.717, 1.165) is 17.5 Å². The molecule has 0 saturated heterocycles. The fourth-order valence-corrected chi connectivity index (χ4v) is 3.86. The molecule has 0 spiro atoms. The number of para-hydroxylation sites is 2. The van der Waals surface area contributed by atoms with Crippen LogP contribution in [0.5, 0.6) is 5.75 Å². The Morgan fingerprint density at radius 3 is 2.54 bits per heavy atom. The molecule has 0 radical (unpaired) electrons. The minimum atomic E-state index is -0.0585. The van der Waals surface area contributed by atoms with Crippen LogP contribution in [0.25, 0.3) is 27.9 Å². The number of nitrogens with zero attached hydrogens (tertiary/aromatic N) is 1. The van der Waals surface area contributed by atoms with Crippen LogP contribution in [-0.4, -0.2) is 10.4 Å². The summed E-state index contributed by atoms with van der Waals surface area (Å²) in [6.07, 6.45) is 1.87. The lowest BCUT2D eigenvalue weighted by atomic mass is 10.0. The summed E-state index contributed by atoms with van der Waals surface area (Å²) in [4.78, 5) is 12.7. The number of Topliss-reactive ketones (excluding diaryl/α,β-unsaturated/α-hetero) is 1. The molecule has 0 bridgehead atoms. The Kier molecular flexibility index (Phi) is 3.22. The number of aromatic nitrogens is 1. The number of hydrogen-bond acceptors (Lipinski definition) is 2. The number of carbonyl (C=O) groups is 1. The average molecular weight is 339 g/mol. The fraction of sp³-hybridized carbons (Fsp3) is 0.0870. The molecule has 1 aliphatic heterocycles. The van der Waals surface area contributed by atoms with Gasteiger partial charge < -0.3 is 9.30 Å². The van der Waals surface area contributed by atoms with Gasteiger partial charge >= 0.3 is 0 Å². The second-order valence-electron chi connectivity index (χ2n) is 6.44. The molecule has 3 aromatic carbocycles. The van der Waals surface area contributed by atoms with Crippen molar-refractivity contribution in [3.8, 4) is 5.75 Å². The quantitative estimate of drug-likeness (QED) is 0.456. The molecule has 1 aliphatic rings. The topological polar surface area (TPSA) is 31.2 Å². The van der Waals surface area contributed by atoms with Crippen molar-refractivity contribution in [2.24, 2.45) is 0 Å². The summed E-state index contributed by atoms with van der Waals surface area (Å²) >= 11 is 0. The number of aryl methyl sites for hydroxylation is 1. The Morgan fingerprint density at radius 2 is 1.69 bits per heavy atom. The molecule has 2 heterocycles. The summed E-state index contributed by atoms with van der Waals surface area (Å²) in [7, 11) is 0. The molecule has 0 aliphatic carbocycles. The molecule has 0 saturated carbocycles. The molecular formula is C23H17NO2. The zero-order valence-electron chi connectivity index (χ0n) is 14.4. The van der Waals surface area contributed by atoms with Crippen LogP contribution >= 0.6 is 0 Å². The molecule has 0 unspecified atom stereocenters. The van der Waals surface area contributed by atoms with Crippen LogP contribution in [0, 0.1) is 0 Å². The Morgan fingerprint density at radius 1 is 0.923 bits per heavy atom. The van der Waals surface area contributed by atoms with E-state index in [1.54, 1.807) is 0 Å². The highest BCUT2D eigenvalue weighted by atomic mass is 16.5. The molecule has 3 nitrogen and oxygen atoms in total. The van der Waals surface area contributed by atoms with Crippen molar-refractivity contribution in [2.45, 2.75) is 13.5 Å². The molecule has 4 aromatic rings. The predicted molar refractivity (Wildman–Crippen MR) is 104 cm³/mol. The van der Waals surface area contributed by atoms with Crippen LogP contribution in [0.4, 0.5) is 0 Å². The van der Waals surface area contributed by atoms with Gasteiger partial charge in [0.2, 0.25) is 5.78 Å². The third-order valence-corrected chi connectivity index (χ3v) is 5.01. The van der Waals surface area contributed by atoms with Crippen LogP contribution in [0.1, 0.15) is 22.8 Å². The van der Waals surface area contributed by atoms with E-state index in [2.05, 4.69) is 41.8 Å². The normalized spacial score (nSPS) is 15.0. The van der Waals surface area contributed by atoms with Crippen molar-refractivity contribution >= 4 is 33.7 Å². The summed E-state index contributed by atoms with van der Waals surface area (Å²) in [5.41, 5.74) is 4.01. The van der Waals surface area contributed by atoms with Gasteiger partial charge in [0, 0.05) is 28.4 Å². The number of allylic oxidation sites excluding steroid dienone is 1. The van der Waals surface area contributed by atoms with Gasteiger partial charge in [-0.15, -0.1) is 0 Å². The van der Waals surface area contributed by atoms with Crippen LogP contribution in [0.3, 0.4) is 0 Å². The highest BCUT2D eigenvalue weighted by Crippen LogP contribution is 2.35. The number of hydrogen-bond donors (Lipinski definition) is 0. The molecule has 0 amide bonds. The monoisotopic (exact) mass is 339 g/mol. The first-order valence-corrected chi connectivity index (χ1v) is 8.81. The van der Waals surface area contributed by atoms with Crippen molar-refractivity contribution in [1.29, 1.82) is 0 Å². The maximum atomic E-state index is 12.7. The largest absolute Gasteiger partial charge is 0.452 e. The van der Waals surface area contributed by atoms with E-state index in [1.165, 1.54) is 16.4 Å². The van der Waals surface area contributed by atoms with Crippen LogP contribution < -0.4 is 4.74 Å². The van der Waals surface area contributed by atoms with Crippen molar-refractivity contribution in [3.05, 3.63) is 83.6 Å². The number of fused-ring (bicyclic) bond motifs is 4. The van der Waals surface area contributed by atoms with E-state index < -0.39 is 0 Å². The number of benzene rings is 3. The van der Waals surface area contributed by atoms with Crippen molar-refractivity contribution in [2.75, 3.05) is 0 Å². The van der Waals surface area contributed by atoms with Crippen molar-refractivity contribution in [3.63, 3.8) is 0 Å². The lowest BCUT2D eigenvalue weighted by Gasteiger charge is -2.04. The van der Waals surface area contributed by atoms with E-state index in [0.29, 0.717) is 17.1 Å². The van der Waals surface area contributed by atoms with E-state index in [-0.39, 0.29) is 5.78 Å². The van der Waals surface area contributed by atoms with Gasteiger partial charge in [0.1, 0.15) is 5.75 Å². The van der Waals surface area contributed by atoms with Gasteiger partial charge in [-0.1, -0.05) is 42.5 Å². The molecule has 5 rings (SSSR count). The lowest BCUT2D eigenvalue weighted by Crippen LogP contribution is -1.98. The molecule has 0 atom stereocenters. The first kappa shape index (κ1) is 15.0. The SMILES string of the molecule is CCn1c2ccccc2c2c(/C=C3\Oc4ccccc4C3=O)cccc21. The fourth-order valence-electron chi connectivity index (χ4n) is 3.86. The maximum absolute atomic E-state index is 12.7.